The zero-order chi connectivity index (χ0) is 10.6. The topological polar surface area (TPSA) is 35.2 Å². The van der Waals surface area contributed by atoms with Crippen LogP contribution in [0.2, 0.25) is 0 Å². The van der Waals surface area contributed by atoms with Crippen LogP contribution >= 0.6 is 0 Å². The molecule has 0 spiro atoms. The minimum Gasteiger partial charge on any atom is -0.372 e. The SMILES string of the molecule is CC(OCc1ccccc1F)[C@H](C)N. The third kappa shape index (κ3) is 3.09. The number of rotatable bonds is 4. The average molecular weight is 197 g/mol. The van der Waals surface area contributed by atoms with Gasteiger partial charge in [-0.3, -0.25) is 0 Å². The molecule has 2 nitrogen and oxygen atoms in total. The number of nitrogens with two attached hydrogens (primary N) is 1. The van der Waals surface area contributed by atoms with Crippen LogP contribution in [-0.2, 0) is 11.3 Å². The van der Waals surface area contributed by atoms with Gasteiger partial charge >= 0.3 is 0 Å². The number of ether oxygens (including phenoxy) is 1. The Morgan fingerprint density at radius 1 is 1.36 bits per heavy atom. The van der Waals surface area contributed by atoms with Crippen LogP contribution < -0.4 is 5.73 Å². The van der Waals surface area contributed by atoms with E-state index in [4.69, 9.17) is 10.5 Å². The van der Waals surface area contributed by atoms with Gasteiger partial charge in [0.1, 0.15) is 5.82 Å². The van der Waals surface area contributed by atoms with Crippen LogP contribution in [0.15, 0.2) is 24.3 Å². The Kier molecular flexibility index (Phi) is 4.04. The number of halogens is 1. The van der Waals surface area contributed by atoms with Crippen LogP contribution in [0, 0.1) is 5.82 Å². The molecule has 0 aliphatic carbocycles. The molecule has 0 saturated carbocycles. The summed E-state index contributed by atoms with van der Waals surface area (Å²) in [6.07, 6.45) is -0.0605. The molecule has 1 aromatic rings. The Morgan fingerprint density at radius 3 is 2.57 bits per heavy atom. The molecule has 3 heteroatoms. The van der Waals surface area contributed by atoms with E-state index in [-0.39, 0.29) is 24.6 Å². The second-order valence-electron chi connectivity index (χ2n) is 3.47. The second kappa shape index (κ2) is 5.08. The normalized spacial score (nSPS) is 15.1. The van der Waals surface area contributed by atoms with Gasteiger partial charge < -0.3 is 10.5 Å². The monoisotopic (exact) mass is 197 g/mol. The summed E-state index contributed by atoms with van der Waals surface area (Å²) in [7, 11) is 0. The lowest BCUT2D eigenvalue weighted by atomic mass is 10.2. The van der Waals surface area contributed by atoms with Crippen LogP contribution in [0.1, 0.15) is 19.4 Å². The Morgan fingerprint density at radius 2 is 2.00 bits per heavy atom. The van der Waals surface area contributed by atoms with E-state index in [9.17, 15) is 4.39 Å². The predicted octanol–water partition coefficient (Wildman–Crippen LogP) is 2.08. The van der Waals surface area contributed by atoms with Crippen LogP contribution in [0.4, 0.5) is 4.39 Å². The third-order valence-electron chi connectivity index (χ3n) is 2.20. The largest absolute Gasteiger partial charge is 0.372 e. The van der Waals surface area contributed by atoms with Gasteiger partial charge in [-0.15, -0.1) is 0 Å². The van der Waals surface area contributed by atoms with Crippen molar-refractivity contribution in [2.45, 2.75) is 32.6 Å². The van der Waals surface area contributed by atoms with Gasteiger partial charge in [0, 0.05) is 11.6 Å². The third-order valence-corrected chi connectivity index (χ3v) is 2.20. The fraction of sp³-hybridized carbons (Fsp3) is 0.455. The van der Waals surface area contributed by atoms with Crippen LogP contribution in [0.3, 0.4) is 0 Å². The smallest absolute Gasteiger partial charge is 0.128 e. The van der Waals surface area contributed by atoms with Crippen LogP contribution in [-0.4, -0.2) is 12.1 Å². The number of hydrogen-bond donors (Lipinski definition) is 1. The second-order valence-corrected chi connectivity index (χ2v) is 3.47. The van der Waals surface area contributed by atoms with Crippen molar-refractivity contribution in [2.75, 3.05) is 0 Å². The van der Waals surface area contributed by atoms with E-state index in [1.165, 1.54) is 6.07 Å². The lowest BCUT2D eigenvalue weighted by molar-refractivity contribution is 0.0383. The highest BCUT2D eigenvalue weighted by molar-refractivity contribution is 5.16. The molecule has 14 heavy (non-hydrogen) atoms. The van der Waals surface area contributed by atoms with Crippen LogP contribution in [0.5, 0.6) is 0 Å². The maximum atomic E-state index is 13.1. The van der Waals surface area contributed by atoms with Crippen molar-refractivity contribution in [3.8, 4) is 0 Å². The van der Waals surface area contributed by atoms with E-state index in [1.807, 2.05) is 13.8 Å². The summed E-state index contributed by atoms with van der Waals surface area (Å²) in [5.41, 5.74) is 6.19. The Labute approximate surface area is 83.9 Å². The van der Waals surface area contributed by atoms with Gasteiger partial charge in [0.05, 0.1) is 12.7 Å². The van der Waals surface area contributed by atoms with Gasteiger partial charge in [0.25, 0.3) is 0 Å². The fourth-order valence-corrected chi connectivity index (χ4v) is 0.988. The lowest BCUT2D eigenvalue weighted by Crippen LogP contribution is -2.31. The molecule has 1 aromatic carbocycles. The Balaban J connectivity index is 2.50. The van der Waals surface area contributed by atoms with Crippen molar-refractivity contribution < 1.29 is 9.13 Å². The van der Waals surface area contributed by atoms with Crippen LogP contribution in [0.25, 0.3) is 0 Å². The summed E-state index contributed by atoms with van der Waals surface area (Å²) >= 11 is 0. The summed E-state index contributed by atoms with van der Waals surface area (Å²) in [6, 6.07) is 6.55. The van der Waals surface area contributed by atoms with Gasteiger partial charge in [0.15, 0.2) is 0 Å². The molecular weight excluding hydrogens is 181 g/mol. The van der Waals surface area contributed by atoms with E-state index in [0.717, 1.165) is 0 Å². The lowest BCUT2D eigenvalue weighted by Gasteiger charge is -2.16. The quantitative estimate of drug-likeness (QED) is 0.802. The van der Waals surface area contributed by atoms with E-state index in [2.05, 4.69) is 0 Å². The first-order chi connectivity index (χ1) is 6.61. The summed E-state index contributed by atoms with van der Waals surface area (Å²) in [4.78, 5) is 0. The molecule has 0 radical (unpaired) electrons. The summed E-state index contributed by atoms with van der Waals surface area (Å²) < 4.78 is 18.5. The molecule has 0 amide bonds. The molecular formula is C11H16FNO. The van der Waals surface area contributed by atoms with Crippen molar-refractivity contribution in [1.29, 1.82) is 0 Å². The van der Waals surface area contributed by atoms with Crippen molar-refractivity contribution in [2.24, 2.45) is 5.73 Å². The Bertz CT molecular complexity index is 288. The molecule has 1 unspecified atom stereocenters. The van der Waals surface area contributed by atoms with Crippen molar-refractivity contribution in [1.82, 2.24) is 0 Å². The standard InChI is InChI=1S/C11H16FNO/c1-8(13)9(2)14-7-10-5-3-4-6-11(10)12/h3-6,8-9H,7,13H2,1-2H3/t8-,9?/m0/s1. The first kappa shape index (κ1) is 11.1. The number of benzene rings is 1. The zero-order valence-corrected chi connectivity index (χ0v) is 8.53. The summed E-state index contributed by atoms with van der Waals surface area (Å²) in [5, 5.41) is 0. The summed E-state index contributed by atoms with van der Waals surface area (Å²) in [5.74, 6) is -0.232. The van der Waals surface area contributed by atoms with Crippen molar-refractivity contribution >= 4 is 0 Å². The molecule has 0 saturated heterocycles. The highest BCUT2D eigenvalue weighted by atomic mass is 19.1. The van der Waals surface area contributed by atoms with E-state index < -0.39 is 0 Å². The van der Waals surface area contributed by atoms with Gasteiger partial charge in [-0.1, -0.05) is 18.2 Å². The molecule has 0 aromatic heterocycles. The molecule has 0 fully saturated rings. The van der Waals surface area contributed by atoms with E-state index >= 15 is 0 Å². The minimum absolute atomic E-state index is 0.0400. The number of hydrogen-bond acceptors (Lipinski definition) is 2. The molecule has 0 aliphatic heterocycles. The van der Waals surface area contributed by atoms with E-state index in [0.29, 0.717) is 5.56 Å². The molecule has 0 bridgehead atoms. The Hall–Kier alpha value is -0.930. The summed E-state index contributed by atoms with van der Waals surface area (Å²) in [6.45, 7) is 4.02. The molecule has 1 rings (SSSR count). The molecule has 2 N–H and O–H groups in total. The molecule has 2 atom stereocenters. The first-order valence-corrected chi connectivity index (χ1v) is 4.72. The molecule has 78 valence electrons. The predicted molar refractivity (Wildman–Crippen MR) is 54.3 cm³/mol. The highest BCUT2D eigenvalue weighted by Gasteiger charge is 2.08. The van der Waals surface area contributed by atoms with Gasteiger partial charge in [-0.2, -0.15) is 0 Å². The zero-order valence-electron chi connectivity index (χ0n) is 8.53. The molecule has 0 aliphatic rings. The van der Waals surface area contributed by atoms with E-state index in [1.54, 1.807) is 18.2 Å². The fourth-order valence-electron chi connectivity index (χ4n) is 0.988. The minimum atomic E-state index is -0.232. The maximum absolute atomic E-state index is 13.1. The van der Waals surface area contributed by atoms with Crippen molar-refractivity contribution in [3.05, 3.63) is 35.6 Å². The average Bonchev–Trinajstić information content (AvgIpc) is 2.16. The van der Waals surface area contributed by atoms with Gasteiger partial charge in [-0.25, -0.2) is 4.39 Å². The van der Waals surface area contributed by atoms with Crippen molar-refractivity contribution in [3.63, 3.8) is 0 Å². The molecule has 0 heterocycles. The van der Waals surface area contributed by atoms with Gasteiger partial charge in [-0.05, 0) is 19.9 Å². The van der Waals surface area contributed by atoms with Gasteiger partial charge in [0.2, 0.25) is 0 Å². The first-order valence-electron chi connectivity index (χ1n) is 4.72. The highest BCUT2D eigenvalue weighted by Crippen LogP contribution is 2.09. The maximum Gasteiger partial charge on any atom is 0.128 e.